The van der Waals surface area contributed by atoms with Crippen LogP contribution in [0.1, 0.15) is 117 Å². The maximum absolute atomic E-state index is 9.25. The van der Waals surface area contributed by atoms with Crippen molar-refractivity contribution in [3.8, 4) is 11.8 Å². The zero-order chi connectivity index (χ0) is 20.7. The van der Waals surface area contributed by atoms with E-state index in [0.29, 0.717) is 6.42 Å². The molecule has 1 aromatic carbocycles. The van der Waals surface area contributed by atoms with Crippen LogP contribution in [0.25, 0.3) is 0 Å². The molecular formula is C25H41NO. The van der Waals surface area contributed by atoms with Gasteiger partial charge in [-0.15, -0.1) is 0 Å². The number of hydrogen-bond acceptors (Lipinski definition) is 2. The van der Waals surface area contributed by atoms with Crippen LogP contribution < -0.4 is 4.74 Å². The third-order valence-electron chi connectivity index (χ3n) is 5.21. The molecule has 0 aromatic heterocycles. The first-order chi connectivity index (χ1) is 12.5. The van der Waals surface area contributed by atoms with E-state index in [0.717, 1.165) is 18.8 Å². The van der Waals surface area contributed by atoms with Gasteiger partial charge in [0.25, 0.3) is 0 Å². The van der Waals surface area contributed by atoms with Crippen molar-refractivity contribution in [3.63, 3.8) is 0 Å². The number of unbranched alkanes of at least 4 members (excludes halogenated alkanes) is 4. The Morgan fingerprint density at radius 2 is 1.59 bits per heavy atom. The van der Waals surface area contributed by atoms with Gasteiger partial charge in [0.1, 0.15) is 5.75 Å². The molecule has 0 radical (unpaired) electrons. The van der Waals surface area contributed by atoms with E-state index >= 15 is 0 Å². The Bertz CT molecular complexity index is 625. The average Bonchev–Trinajstić information content (AvgIpc) is 2.56. The molecule has 1 rings (SSSR count). The van der Waals surface area contributed by atoms with E-state index in [1.165, 1.54) is 42.4 Å². The highest BCUT2D eigenvalue weighted by atomic mass is 16.5. The summed E-state index contributed by atoms with van der Waals surface area (Å²) in [7, 11) is 0. The van der Waals surface area contributed by atoms with Gasteiger partial charge >= 0.3 is 0 Å². The Labute approximate surface area is 168 Å². The molecule has 0 saturated heterocycles. The zero-order valence-electron chi connectivity index (χ0n) is 19.0. The first-order valence-corrected chi connectivity index (χ1v) is 10.7. The van der Waals surface area contributed by atoms with Crippen LogP contribution in [0, 0.1) is 11.3 Å². The van der Waals surface area contributed by atoms with Gasteiger partial charge in [-0.25, -0.2) is 0 Å². The molecule has 0 aliphatic heterocycles. The van der Waals surface area contributed by atoms with Crippen molar-refractivity contribution in [1.82, 2.24) is 0 Å². The minimum Gasteiger partial charge on any atom is -0.493 e. The van der Waals surface area contributed by atoms with Gasteiger partial charge < -0.3 is 4.74 Å². The fourth-order valence-electron chi connectivity index (χ4n) is 3.30. The summed E-state index contributed by atoms with van der Waals surface area (Å²) in [5.41, 5.74) is 3.85. The topological polar surface area (TPSA) is 33.0 Å². The van der Waals surface area contributed by atoms with Gasteiger partial charge in [-0.1, -0.05) is 93.2 Å². The van der Waals surface area contributed by atoms with Gasteiger partial charge in [0.2, 0.25) is 0 Å². The summed E-state index contributed by atoms with van der Waals surface area (Å²) in [6, 6.07) is 6.95. The summed E-state index contributed by atoms with van der Waals surface area (Å²) in [6.45, 7) is 18.7. The highest BCUT2D eigenvalue weighted by Crippen LogP contribution is 2.42. The fourth-order valence-corrected chi connectivity index (χ4v) is 3.30. The number of nitrogens with zero attached hydrogens (tertiary/aromatic N) is 1. The fraction of sp³-hybridized carbons (Fsp3) is 0.720. The lowest BCUT2D eigenvalue weighted by atomic mass is 9.77. The lowest BCUT2D eigenvalue weighted by molar-refractivity contribution is 0.292. The molecule has 0 amide bonds. The van der Waals surface area contributed by atoms with Gasteiger partial charge in [-0.3, -0.25) is 0 Å². The van der Waals surface area contributed by atoms with E-state index in [1.807, 2.05) is 0 Å². The predicted octanol–water partition coefficient (Wildman–Crippen LogP) is 7.65. The third kappa shape index (κ3) is 7.21. The van der Waals surface area contributed by atoms with Crippen LogP contribution in [0.4, 0.5) is 0 Å². The van der Waals surface area contributed by atoms with Crippen molar-refractivity contribution >= 4 is 0 Å². The standard InChI is InChI=1S/C25H41NO/c1-9-10-11-12-13-16-27-23-21(19(2)14-15-26)17-20(24(3,4)5)18-22(23)25(6,7)8/h17-19H,9-14,16H2,1-8H3. The first-order valence-electron chi connectivity index (χ1n) is 10.7. The van der Waals surface area contributed by atoms with Crippen molar-refractivity contribution in [3.05, 3.63) is 28.8 Å². The molecule has 0 spiro atoms. The molecule has 1 aromatic rings. The van der Waals surface area contributed by atoms with E-state index in [4.69, 9.17) is 4.74 Å². The minimum atomic E-state index is -0.0000822. The molecular weight excluding hydrogens is 330 g/mol. The summed E-state index contributed by atoms with van der Waals surface area (Å²) < 4.78 is 6.40. The normalized spacial score (nSPS) is 13.3. The predicted molar refractivity (Wildman–Crippen MR) is 117 cm³/mol. The van der Waals surface area contributed by atoms with Gasteiger partial charge in [0, 0.05) is 12.0 Å². The number of ether oxygens (including phenoxy) is 1. The van der Waals surface area contributed by atoms with Crippen LogP contribution in [0.15, 0.2) is 12.1 Å². The van der Waals surface area contributed by atoms with Gasteiger partial charge in [0.15, 0.2) is 0 Å². The van der Waals surface area contributed by atoms with Crippen LogP contribution in [0.2, 0.25) is 0 Å². The van der Waals surface area contributed by atoms with Crippen molar-refractivity contribution in [1.29, 1.82) is 5.26 Å². The lowest BCUT2D eigenvalue weighted by Gasteiger charge is -2.30. The van der Waals surface area contributed by atoms with Crippen molar-refractivity contribution in [2.24, 2.45) is 0 Å². The Morgan fingerprint density at radius 1 is 0.963 bits per heavy atom. The molecule has 0 aliphatic carbocycles. The zero-order valence-corrected chi connectivity index (χ0v) is 19.0. The molecule has 0 aliphatic rings. The first kappa shape index (κ1) is 23.5. The minimum absolute atomic E-state index is 0.0000822. The highest BCUT2D eigenvalue weighted by Gasteiger charge is 2.27. The molecule has 2 nitrogen and oxygen atoms in total. The van der Waals surface area contributed by atoms with E-state index in [1.54, 1.807) is 0 Å². The Hall–Kier alpha value is -1.49. The number of benzene rings is 1. The maximum atomic E-state index is 9.25. The SMILES string of the molecule is CCCCCCCOc1c(C(C)CC#N)cc(C(C)(C)C)cc1C(C)(C)C. The summed E-state index contributed by atoms with van der Waals surface area (Å²) in [6.07, 6.45) is 6.69. The Kier molecular flexibility index (Phi) is 8.86. The van der Waals surface area contributed by atoms with Gasteiger partial charge in [-0.05, 0) is 34.3 Å². The number of hydrogen-bond donors (Lipinski definition) is 0. The molecule has 1 atom stereocenters. The van der Waals surface area contributed by atoms with Crippen molar-refractivity contribution in [2.45, 2.75) is 111 Å². The van der Waals surface area contributed by atoms with Crippen LogP contribution in [-0.2, 0) is 10.8 Å². The third-order valence-corrected chi connectivity index (χ3v) is 5.21. The van der Waals surface area contributed by atoms with Crippen LogP contribution >= 0.6 is 0 Å². The molecule has 2 heteroatoms. The van der Waals surface area contributed by atoms with Crippen LogP contribution in [0.3, 0.4) is 0 Å². The molecule has 0 fully saturated rings. The maximum Gasteiger partial charge on any atom is 0.126 e. The summed E-state index contributed by atoms with van der Waals surface area (Å²) >= 11 is 0. The monoisotopic (exact) mass is 371 g/mol. The summed E-state index contributed by atoms with van der Waals surface area (Å²) in [4.78, 5) is 0. The quantitative estimate of drug-likeness (QED) is 0.418. The molecule has 0 heterocycles. The highest BCUT2D eigenvalue weighted by molar-refractivity contribution is 5.51. The largest absolute Gasteiger partial charge is 0.493 e. The Balaban J connectivity index is 3.27. The molecule has 27 heavy (non-hydrogen) atoms. The number of rotatable bonds is 9. The van der Waals surface area contributed by atoms with E-state index in [-0.39, 0.29) is 16.7 Å². The molecule has 0 N–H and O–H groups in total. The van der Waals surface area contributed by atoms with E-state index in [2.05, 4.69) is 73.6 Å². The van der Waals surface area contributed by atoms with E-state index < -0.39 is 0 Å². The van der Waals surface area contributed by atoms with Crippen LogP contribution in [-0.4, -0.2) is 6.61 Å². The molecule has 1 unspecified atom stereocenters. The van der Waals surface area contributed by atoms with Gasteiger partial charge in [-0.2, -0.15) is 5.26 Å². The number of nitriles is 1. The smallest absolute Gasteiger partial charge is 0.126 e. The molecule has 0 bridgehead atoms. The second kappa shape index (κ2) is 10.2. The molecule has 0 saturated carbocycles. The van der Waals surface area contributed by atoms with Crippen LogP contribution in [0.5, 0.6) is 5.75 Å². The average molecular weight is 372 g/mol. The van der Waals surface area contributed by atoms with Gasteiger partial charge in [0.05, 0.1) is 12.7 Å². The summed E-state index contributed by atoms with van der Waals surface area (Å²) in [5.74, 6) is 1.20. The second-order valence-corrected chi connectivity index (χ2v) is 9.97. The molecule has 152 valence electrons. The van der Waals surface area contributed by atoms with Crippen molar-refractivity contribution < 1.29 is 4.74 Å². The lowest BCUT2D eigenvalue weighted by Crippen LogP contribution is -2.20. The second-order valence-electron chi connectivity index (χ2n) is 9.97. The Morgan fingerprint density at radius 3 is 2.11 bits per heavy atom. The van der Waals surface area contributed by atoms with E-state index in [9.17, 15) is 5.26 Å². The van der Waals surface area contributed by atoms with Crippen molar-refractivity contribution in [2.75, 3.05) is 6.61 Å². The summed E-state index contributed by atoms with van der Waals surface area (Å²) in [5, 5.41) is 9.25.